The number of halogens is 1. The molecular weight excluding hydrogens is 202 g/mol. The Morgan fingerprint density at radius 2 is 2.21 bits per heavy atom. The van der Waals surface area contributed by atoms with Crippen LogP contribution < -0.4 is 5.32 Å². The second-order valence-electron chi connectivity index (χ2n) is 3.58. The van der Waals surface area contributed by atoms with Gasteiger partial charge in [0.25, 0.3) is 0 Å². The fourth-order valence-corrected chi connectivity index (χ4v) is 1.63. The van der Waals surface area contributed by atoms with Crippen molar-refractivity contribution in [3.8, 4) is 0 Å². The third-order valence-electron chi connectivity index (χ3n) is 2.37. The van der Waals surface area contributed by atoms with Crippen LogP contribution in [-0.4, -0.2) is 17.7 Å². The van der Waals surface area contributed by atoms with E-state index in [0.29, 0.717) is 12.8 Å². The van der Waals surface area contributed by atoms with Gasteiger partial charge in [0.15, 0.2) is 5.78 Å². The molecule has 0 bridgehead atoms. The van der Waals surface area contributed by atoms with Gasteiger partial charge < -0.3 is 5.32 Å². The summed E-state index contributed by atoms with van der Waals surface area (Å²) in [4.78, 5) is 22.5. The average Bonchev–Trinajstić information content (AvgIpc) is 2.09. The lowest BCUT2D eigenvalue weighted by molar-refractivity contribution is -0.128. The first-order chi connectivity index (χ1) is 6.24. The van der Waals surface area contributed by atoms with Crippen molar-refractivity contribution < 1.29 is 9.59 Å². The molecule has 82 valence electrons. The SMILES string of the molecule is CCCC(=O)N[C@H]1CCCCC1=O.Cl. The van der Waals surface area contributed by atoms with Crippen LogP contribution in [0.4, 0.5) is 0 Å². The zero-order valence-corrected chi connectivity index (χ0v) is 9.36. The summed E-state index contributed by atoms with van der Waals surface area (Å²) >= 11 is 0. The standard InChI is InChI=1S/C10H17NO2.ClH/c1-2-5-10(13)11-8-6-3-4-7-9(8)12;/h8H,2-7H2,1H3,(H,11,13);1H/t8-;/m0./s1. The van der Waals surface area contributed by atoms with Crippen LogP contribution in [0.1, 0.15) is 45.4 Å². The molecule has 0 heterocycles. The van der Waals surface area contributed by atoms with Crippen molar-refractivity contribution in [3.05, 3.63) is 0 Å². The molecule has 1 aliphatic rings. The molecule has 4 heteroatoms. The zero-order chi connectivity index (χ0) is 9.68. The first kappa shape index (κ1) is 13.4. The molecule has 1 amide bonds. The summed E-state index contributed by atoms with van der Waals surface area (Å²) in [6.07, 6.45) is 4.88. The Kier molecular flexibility index (Phi) is 6.54. The Labute approximate surface area is 91.0 Å². The number of Topliss-reactive ketones (excluding diaryl/α,β-unsaturated/α-hetero) is 1. The fraction of sp³-hybridized carbons (Fsp3) is 0.800. The van der Waals surface area contributed by atoms with Gasteiger partial charge in [0.2, 0.25) is 5.91 Å². The van der Waals surface area contributed by atoms with Crippen LogP contribution >= 0.6 is 12.4 Å². The maximum Gasteiger partial charge on any atom is 0.220 e. The summed E-state index contributed by atoms with van der Waals surface area (Å²) in [6, 6.07) is -0.187. The minimum atomic E-state index is -0.187. The highest BCUT2D eigenvalue weighted by Crippen LogP contribution is 2.14. The predicted octanol–water partition coefficient (Wildman–Crippen LogP) is 1.84. The number of nitrogens with one attached hydrogen (secondary N) is 1. The molecule has 1 aliphatic carbocycles. The van der Waals surface area contributed by atoms with Gasteiger partial charge in [-0.15, -0.1) is 12.4 Å². The van der Waals surface area contributed by atoms with Crippen molar-refractivity contribution >= 4 is 24.1 Å². The number of rotatable bonds is 3. The monoisotopic (exact) mass is 219 g/mol. The van der Waals surface area contributed by atoms with Crippen molar-refractivity contribution in [1.29, 1.82) is 0 Å². The minimum absolute atomic E-state index is 0. The van der Waals surface area contributed by atoms with E-state index in [4.69, 9.17) is 0 Å². The molecule has 0 aromatic carbocycles. The van der Waals surface area contributed by atoms with Gasteiger partial charge in [0, 0.05) is 12.8 Å². The van der Waals surface area contributed by atoms with Crippen LogP contribution in [0, 0.1) is 0 Å². The van der Waals surface area contributed by atoms with E-state index in [9.17, 15) is 9.59 Å². The van der Waals surface area contributed by atoms with Crippen molar-refractivity contribution in [2.45, 2.75) is 51.5 Å². The third-order valence-corrected chi connectivity index (χ3v) is 2.37. The molecule has 0 radical (unpaired) electrons. The lowest BCUT2D eigenvalue weighted by Crippen LogP contribution is -2.42. The van der Waals surface area contributed by atoms with Crippen LogP contribution in [0.3, 0.4) is 0 Å². The summed E-state index contributed by atoms with van der Waals surface area (Å²) in [5.74, 6) is 0.221. The molecule has 14 heavy (non-hydrogen) atoms. The second kappa shape index (κ2) is 6.82. The molecule has 1 rings (SSSR count). The molecule has 0 saturated heterocycles. The fourth-order valence-electron chi connectivity index (χ4n) is 1.63. The van der Waals surface area contributed by atoms with Crippen molar-refractivity contribution in [2.75, 3.05) is 0 Å². The Balaban J connectivity index is 0.00000169. The van der Waals surface area contributed by atoms with Gasteiger partial charge in [-0.1, -0.05) is 13.3 Å². The molecule has 0 aliphatic heterocycles. The normalized spacial score (nSPS) is 21.2. The molecule has 1 fully saturated rings. The van der Waals surface area contributed by atoms with Crippen molar-refractivity contribution in [3.63, 3.8) is 0 Å². The number of carbonyl (C=O) groups is 2. The molecule has 1 atom stereocenters. The van der Waals surface area contributed by atoms with Gasteiger partial charge in [-0.25, -0.2) is 0 Å². The zero-order valence-electron chi connectivity index (χ0n) is 8.54. The Morgan fingerprint density at radius 3 is 2.79 bits per heavy atom. The number of ketones is 1. The molecule has 3 nitrogen and oxygen atoms in total. The Morgan fingerprint density at radius 1 is 1.50 bits per heavy atom. The van der Waals surface area contributed by atoms with Gasteiger partial charge in [0.1, 0.15) is 0 Å². The topological polar surface area (TPSA) is 46.2 Å². The highest BCUT2D eigenvalue weighted by atomic mass is 35.5. The van der Waals surface area contributed by atoms with Crippen molar-refractivity contribution in [1.82, 2.24) is 5.32 Å². The highest BCUT2D eigenvalue weighted by molar-refractivity contribution is 5.89. The lowest BCUT2D eigenvalue weighted by Gasteiger charge is -2.21. The highest BCUT2D eigenvalue weighted by Gasteiger charge is 2.22. The van der Waals surface area contributed by atoms with E-state index >= 15 is 0 Å². The molecule has 1 saturated carbocycles. The largest absolute Gasteiger partial charge is 0.346 e. The molecule has 0 unspecified atom stereocenters. The van der Waals surface area contributed by atoms with E-state index in [1.807, 2.05) is 6.92 Å². The van der Waals surface area contributed by atoms with Crippen LogP contribution in [0.15, 0.2) is 0 Å². The van der Waals surface area contributed by atoms with E-state index in [-0.39, 0.29) is 30.1 Å². The second-order valence-corrected chi connectivity index (χ2v) is 3.58. The molecule has 0 spiro atoms. The van der Waals surface area contributed by atoms with Crippen LogP contribution in [0.2, 0.25) is 0 Å². The van der Waals surface area contributed by atoms with Gasteiger partial charge >= 0.3 is 0 Å². The maximum absolute atomic E-state index is 11.3. The van der Waals surface area contributed by atoms with Crippen LogP contribution in [0.5, 0.6) is 0 Å². The summed E-state index contributed by atoms with van der Waals surface area (Å²) < 4.78 is 0. The van der Waals surface area contributed by atoms with Gasteiger partial charge in [0.05, 0.1) is 6.04 Å². The number of hydrogen-bond acceptors (Lipinski definition) is 2. The summed E-state index contributed by atoms with van der Waals surface area (Å²) in [6.45, 7) is 1.96. The smallest absolute Gasteiger partial charge is 0.220 e. The van der Waals surface area contributed by atoms with Gasteiger partial charge in [-0.2, -0.15) is 0 Å². The van der Waals surface area contributed by atoms with Gasteiger partial charge in [-0.05, 0) is 19.3 Å². The first-order valence-electron chi connectivity index (χ1n) is 5.06. The van der Waals surface area contributed by atoms with E-state index in [0.717, 1.165) is 25.7 Å². The average molecular weight is 220 g/mol. The minimum Gasteiger partial charge on any atom is -0.346 e. The molecule has 0 aromatic rings. The van der Waals surface area contributed by atoms with E-state index in [2.05, 4.69) is 5.32 Å². The quantitative estimate of drug-likeness (QED) is 0.788. The van der Waals surface area contributed by atoms with Gasteiger partial charge in [-0.3, -0.25) is 9.59 Å². The summed E-state index contributed by atoms with van der Waals surface area (Å²) in [5.41, 5.74) is 0. The number of amides is 1. The van der Waals surface area contributed by atoms with E-state index in [1.165, 1.54) is 0 Å². The lowest BCUT2D eigenvalue weighted by atomic mass is 9.94. The summed E-state index contributed by atoms with van der Waals surface area (Å²) in [5, 5.41) is 2.78. The van der Waals surface area contributed by atoms with E-state index in [1.54, 1.807) is 0 Å². The molecule has 0 aromatic heterocycles. The van der Waals surface area contributed by atoms with Crippen LogP contribution in [0.25, 0.3) is 0 Å². The van der Waals surface area contributed by atoms with E-state index < -0.39 is 0 Å². The molecular formula is C10H18ClNO2. The first-order valence-corrected chi connectivity index (χ1v) is 5.06. The Bertz CT molecular complexity index is 206. The number of carbonyl (C=O) groups excluding carboxylic acids is 2. The number of hydrogen-bond donors (Lipinski definition) is 1. The van der Waals surface area contributed by atoms with Crippen LogP contribution in [-0.2, 0) is 9.59 Å². The maximum atomic E-state index is 11.3. The van der Waals surface area contributed by atoms with Crippen molar-refractivity contribution in [2.24, 2.45) is 0 Å². The third kappa shape index (κ3) is 4.09. The Hall–Kier alpha value is -0.570. The predicted molar refractivity (Wildman–Crippen MR) is 57.6 cm³/mol. The summed E-state index contributed by atoms with van der Waals surface area (Å²) in [7, 11) is 0. The molecule has 1 N–H and O–H groups in total.